The Kier molecular flexibility index (Phi) is 4.87. The van der Waals surface area contributed by atoms with E-state index in [9.17, 15) is 0 Å². The first kappa shape index (κ1) is 12.3. The first-order chi connectivity index (χ1) is 6.90. The lowest BCUT2D eigenvalue weighted by atomic mass is 10.3. The average molecular weight is 286 g/mol. The molecule has 5 heteroatoms. The molecular formula is C10H12BrN3S. The van der Waals surface area contributed by atoms with E-state index in [0.29, 0.717) is 6.54 Å². The van der Waals surface area contributed by atoms with Gasteiger partial charge in [0.2, 0.25) is 0 Å². The molecule has 0 spiro atoms. The predicted molar refractivity (Wildman–Crippen MR) is 68.4 cm³/mol. The molecule has 0 atom stereocenters. The summed E-state index contributed by atoms with van der Waals surface area (Å²) < 4.78 is 0. The molecule has 2 aromatic heterocycles. The van der Waals surface area contributed by atoms with Gasteiger partial charge >= 0.3 is 0 Å². The highest BCUT2D eigenvalue weighted by molar-refractivity contribution is 8.93. The predicted octanol–water partition coefficient (Wildman–Crippen LogP) is 2.28. The third-order valence-corrected chi connectivity index (χ3v) is 2.75. The van der Waals surface area contributed by atoms with E-state index in [2.05, 4.69) is 9.97 Å². The number of nitrogens with zero attached hydrogens (tertiary/aromatic N) is 2. The molecule has 0 aromatic carbocycles. The smallest absolute Gasteiger partial charge is 0.142 e. The second-order valence-corrected chi connectivity index (χ2v) is 3.76. The highest BCUT2D eigenvalue weighted by Gasteiger charge is 2.03. The maximum Gasteiger partial charge on any atom is 0.142 e. The van der Waals surface area contributed by atoms with Crippen molar-refractivity contribution >= 4 is 28.3 Å². The lowest BCUT2D eigenvalue weighted by molar-refractivity contribution is 0.936. The molecule has 2 N–H and O–H groups in total. The van der Waals surface area contributed by atoms with Gasteiger partial charge in [0.05, 0.1) is 11.4 Å². The minimum Gasteiger partial charge on any atom is -0.330 e. The standard InChI is InChI=1S/C10H11N3S.BrH/c11-5-4-8-7-14-10(13-8)9-3-1-2-6-12-9;/h1-3,6-7H,4-5,11H2;1H. The minimum absolute atomic E-state index is 0. The Balaban J connectivity index is 0.00000112. The molecule has 3 nitrogen and oxygen atoms in total. The number of nitrogens with two attached hydrogens (primary N) is 1. The maximum atomic E-state index is 5.46. The summed E-state index contributed by atoms with van der Waals surface area (Å²) in [5.41, 5.74) is 7.44. The van der Waals surface area contributed by atoms with Gasteiger partial charge in [-0.05, 0) is 18.7 Å². The van der Waals surface area contributed by atoms with Crippen LogP contribution in [-0.2, 0) is 6.42 Å². The zero-order valence-electron chi connectivity index (χ0n) is 8.09. The molecule has 0 aliphatic heterocycles. The highest BCUT2D eigenvalue weighted by Crippen LogP contribution is 2.21. The van der Waals surface area contributed by atoms with Crippen molar-refractivity contribution in [2.24, 2.45) is 5.73 Å². The van der Waals surface area contributed by atoms with E-state index >= 15 is 0 Å². The van der Waals surface area contributed by atoms with Crippen LogP contribution in [0.4, 0.5) is 0 Å². The summed E-state index contributed by atoms with van der Waals surface area (Å²) in [6.45, 7) is 0.644. The van der Waals surface area contributed by atoms with Crippen LogP contribution in [-0.4, -0.2) is 16.5 Å². The van der Waals surface area contributed by atoms with Crippen molar-refractivity contribution in [2.75, 3.05) is 6.54 Å². The fourth-order valence-corrected chi connectivity index (χ4v) is 2.01. The van der Waals surface area contributed by atoms with E-state index in [1.807, 2.05) is 23.6 Å². The van der Waals surface area contributed by atoms with E-state index in [4.69, 9.17) is 5.73 Å². The molecule has 0 amide bonds. The zero-order valence-corrected chi connectivity index (χ0v) is 10.6. The Morgan fingerprint density at radius 2 is 2.20 bits per heavy atom. The average Bonchev–Trinajstić information content (AvgIpc) is 2.68. The van der Waals surface area contributed by atoms with Gasteiger partial charge in [0.25, 0.3) is 0 Å². The van der Waals surface area contributed by atoms with Crippen LogP contribution in [0.2, 0.25) is 0 Å². The van der Waals surface area contributed by atoms with Crippen LogP contribution in [0.3, 0.4) is 0 Å². The van der Waals surface area contributed by atoms with Gasteiger partial charge in [-0.2, -0.15) is 0 Å². The van der Waals surface area contributed by atoms with E-state index in [1.54, 1.807) is 17.5 Å². The Hall–Kier alpha value is -0.780. The van der Waals surface area contributed by atoms with Crippen molar-refractivity contribution in [3.05, 3.63) is 35.5 Å². The Bertz CT molecular complexity index is 402. The largest absolute Gasteiger partial charge is 0.330 e. The summed E-state index contributed by atoms with van der Waals surface area (Å²) in [6.07, 6.45) is 2.61. The second kappa shape index (κ2) is 5.95. The summed E-state index contributed by atoms with van der Waals surface area (Å²) in [5.74, 6) is 0. The molecule has 0 radical (unpaired) electrons. The molecule has 80 valence electrons. The summed E-state index contributed by atoms with van der Waals surface area (Å²) in [6, 6.07) is 5.83. The van der Waals surface area contributed by atoms with E-state index in [-0.39, 0.29) is 17.0 Å². The van der Waals surface area contributed by atoms with Gasteiger partial charge in [0.15, 0.2) is 0 Å². The number of rotatable bonds is 3. The van der Waals surface area contributed by atoms with Gasteiger partial charge in [-0.3, -0.25) is 4.98 Å². The molecule has 0 aliphatic rings. The lowest BCUT2D eigenvalue weighted by Gasteiger charge is -1.92. The maximum absolute atomic E-state index is 5.46. The van der Waals surface area contributed by atoms with Crippen LogP contribution in [0.5, 0.6) is 0 Å². The number of pyridine rings is 1. The van der Waals surface area contributed by atoms with Crippen molar-refractivity contribution in [3.8, 4) is 10.7 Å². The third kappa shape index (κ3) is 3.09. The number of hydrogen-bond donors (Lipinski definition) is 1. The molecule has 0 saturated heterocycles. The summed E-state index contributed by atoms with van der Waals surface area (Å²) in [7, 11) is 0. The molecule has 0 fully saturated rings. The normalized spacial score (nSPS) is 9.67. The second-order valence-electron chi connectivity index (χ2n) is 2.90. The monoisotopic (exact) mass is 285 g/mol. The van der Waals surface area contributed by atoms with Gasteiger partial charge in [-0.25, -0.2) is 4.98 Å². The van der Waals surface area contributed by atoms with Gasteiger partial charge in [-0.1, -0.05) is 6.07 Å². The van der Waals surface area contributed by atoms with Crippen LogP contribution in [0.15, 0.2) is 29.8 Å². The molecule has 2 heterocycles. The number of halogens is 1. The zero-order chi connectivity index (χ0) is 9.80. The van der Waals surface area contributed by atoms with Crippen LogP contribution in [0.1, 0.15) is 5.69 Å². The first-order valence-electron chi connectivity index (χ1n) is 4.46. The Morgan fingerprint density at radius 1 is 1.33 bits per heavy atom. The quantitative estimate of drug-likeness (QED) is 0.941. The fraction of sp³-hybridized carbons (Fsp3) is 0.200. The van der Waals surface area contributed by atoms with Gasteiger partial charge in [0, 0.05) is 18.0 Å². The number of hydrogen-bond acceptors (Lipinski definition) is 4. The van der Waals surface area contributed by atoms with Crippen LogP contribution < -0.4 is 5.73 Å². The first-order valence-corrected chi connectivity index (χ1v) is 5.34. The van der Waals surface area contributed by atoms with Crippen LogP contribution >= 0.6 is 28.3 Å². The molecule has 2 aromatic rings. The summed E-state index contributed by atoms with van der Waals surface area (Å²) in [4.78, 5) is 8.69. The van der Waals surface area contributed by atoms with Crippen LogP contribution in [0, 0.1) is 0 Å². The molecule has 0 unspecified atom stereocenters. The van der Waals surface area contributed by atoms with Crippen molar-refractivity contribution in [2.45, 2.75) is 6.42 Å². The van der Waals surface area contributed by atoms with Gasteiger partial charge in [-0.15, -0.1) is 28.3 Å². The number of thiazole rings is 1. The SMILES string of the molecule is Br.NCCc1csc(-c2ccccn2)n1. The van der Waals surface area contributed by atoms with Crippen molar-refractivity contribution in [1.82, 2.24) is 9.97 Å². The Morgan fingerprint density at radius 3 is 2.87 bits per heavy atom. The van der Waals surface area contributed by atoms with Gasteiger partial charge in [0.1, 0.15) is 5.01 Å². The third-order valence-electron chi connectivity index (χ3n) is 1.84. The van der Waals surface area contributed by atoms with Crippen molar-refractivity contribution in [1.29, 1.82) is 0 Å². The molecule has 15 heavy (non-hydrogen) atoms. The molecule has 0 saturated carbocycles. The van der Waals surface area contributed by atoms with Crippen molar-refractivity contribution < 1.29 is 0 Å². The van der Waals surface area contributed by atoms with Crippen LogP contribution in [0.25, 0.3) is 10.7 Å². The van der Waals surface area contributed by atoms with Gasteiger partial charge < -0.3 is 5.73 Å². The van der Waals surface area contributed by atoms with Crippen molar-refractivity contribution in [3.63, 3.8) is 0 Å². The highest BCUT2D eigenvalue weighted by atomic mass is 79.9. The number of aromatic nitrogens is 2. The topological polar surface area (TPSA) is 51.8 Å². The molecule has 0 aliphatic carbocycles. The molecular weight excluding hydrogens is 274 g/mol. The minimum atomic E-state index is 0. The molecule has 2 rings (SSSR count). The summed E-state index contributed by atoms with van der Waals surface area (Å²) in [5, 5.41) is 3.01. The summed E-state index contributed by atoms with van der Waals surface area (Å²) >= 11 is 1.61. The fourth-order valence-electron chi connectivity index (χ4n) is 1.18. The molecule has 0 bridgehead atoms. The van der Waals surface area contributed by atoms with E-state index < -0.39 is 0 Å². The van der Waals surface area contributed by atoms with E-state index in [1.165, 1.54) is 0 Å². The Labute approximate surface area is 103 Å². The van der Waals surface area contributed by atoms with E-state index in [0.717, 1.165) is 22.8 Å². The lowest BCUT2D eigenvalue weighted by Crippen LogP contribution is -2.02.